The van der Waals surface area contributed by atoms with Crippen molar-refractivity contribution in [2.45, 2.75) is 75.4 Å². The molecule has 1 unspecified atom stereocenters. The summed E-state index contributed by atoms with van der Waals surface area (Å²) in [5.41, 5.74) is -2.22. The highest BCUT2D eigenvalue weighted by molar-refractivity contribution is 7.89. The van der Waals surface area contributed by atoms with Crippen molar-refractivity contribution in [3.8, 4) is 0 Å². The van der Waals surface area contributed by atoms with Gasteiger partial charge in [0.15, 0.2) is 0 Å². The summed E-state index contributed by atoms with van der Waals surface area (Å²) in [4.78, 5) is 17.3. The zero-order chi connectivity index (χ0) is 23.9. The maximum Gasteiger partial charge on any atom is 0.417 e. The highest BCUT2D eigenvalue weighted by Crippen LogP contribution is 2.39. The van der Waals surface area contributed by atoms with Gasteiger partial charge < -0.3 is 10.2 Å². The second-order valence-corrected chi connectivity index (χ2v) is 11.6. The van der Waals surface area contributed by atoms with Gasteiger partial charge in [0.05, 0.1) is 11.0 Å². The Balaban J connectivity index is 1.42. The van der Waals surface area contributed by atoms with Crippen LogP contribution >= 0.6 is 0 Å². The van der Waals surface area contributed by atoms with Gasteiger partial charge >= 0.3 is 6.18 Å². The van der Waals surface area contributed by atoms with E-state index in [9.17, 15) is 26.4 Å². The lowest BCUT2D eigenvalue weighted by Crippen LogP contribution is -2.67. The normalized spacial score (nSPS) is 24.6. The number of alkyl halides is 3. The minimum absolute atomic E-state index is 0.00320. The summed E-state index contributed by atoms with van der Waals surface area (Å²) in [6.07, 6.45) is 4.29. The fraction of sp³-hybridized carbons (Fsp3) is 0.727. The molecular formula is C22H31F3N4O3S. The number of aromatic nitrogens is 1. The number of nitrogens with zero attached hydrogens (tertiary/aromatic N) is 2. The topological polar surface area (TPSA) is 91.4 Å². The molecule has 184 valence electrons. The Hall–Kier alpha value is -1.88. The molecule has 7 nitrogen and oxygen atoms in total. The first-order valence-electron chi connectivity index (χ1n) is 11.6. The molecule has 2 saturated carbocycles. The van der Waals surface area contributed by atoms with Crippen LogP contribution in [-0.2, 0) is 21.0 Å². The summed E-state index contributed by atoms with van der Waals surface area (Å²) in [7, 11) is -4.52. The minimum atomic E-state index is -4.87. The predicted octanol–water partition coefficient (Wildman–Crippen LogP) is 3.77. The van der Waals surface area contributed by atoms with E-state index in [1.807, 2.05) is 0 Å². The van der Waals surface area contributed by atoms with Gasteiger partial charge in [-0.1, -0.05) is 25.7 Å². The van der Waals surface area contributed by atoms with Gasteiger partial charge in [-0.25, -0.2) is 18.1 Å². The molecule has 0 bridgehead atoms. The number of rotatable bonds is 9. The van der Waals surface area contributed by atoms with E-state index in [-0.39, 0.29) is 24.3 Å². The van der Waals surface area contributed by atoms with Crippen LogP contribution < -0.4 is 10.0 Å². The zero-order valence-corrected chi connectivity index (χ0v) is 19.6. The quantitative estimate of drug-likeness (QED) is 0.517. The molecule has 4 rings (SSSR count). The van der Waals surface area contributed by atoms with E-state index in [4.69, 9.17) is 0 Å². The third kappa shape index (κ3) is 5.13. The van der Waals surface area contributed by atoms with E-state index < -0.39 is 32.1 Å². The summed E-state index contributed by atoms with van der Waals surface area (Å²) in [6, 6.07) is 0.953. The van der Waals surface area contributed by atoms with Gasteiger partial charge in [-0.15, -0.1) is 0 Å². The second-order valence-electron chi connectivity index (χ2n) is 9.83. The zero-order valence-electron chi connectivity index (χ0n) is 18.7. The standard InChI is InChI=1S/C22H31F3N4O3S/c1-21(14-29(20(21)30)16-7-4-8-16)13-28-33(31,32)18-12-27-19(11-17(18)22(23,24)25)26-10-9-15-5-2-3-6-15/h11-12,15-16,28H,2-10,13-14H2,1H3,(H,26,27). The van der Waals surface area contributed by atoms with Gasteiger partial charge in [0.1, 0.15) is 10.7 Å². The summed E-state index contributed by atoms with van der Waals surface area (Å²) in [6.45, 7) is 2.26. The lowest BCUT2D eigenvalue weighted by molar-refractivity contribution is -0.164. The van der Waals surface area contributed by atoms with Crippen LogP contribution in [0.25, 0.3) is 0 Å². The minimum Gasteiger partial charge on any atom is -0.370 e. The monoisotopic (exact) mass is 488 g/mol. The smallest absolute Gasteiger partial charge is 0.370 e. The third-order valence-electron chi connectivity index (χ3n) is 7.26. The van der Waals surface area contributed by atoms with Crippen molar-refractivity contribution in [1.29, 1.82) is 0 Å². The van der Waals surface area contributed by atoms with Gasteiger partial charge in [-0.2, -0.15) is 13.2 Å². The molecule has 1 aliphatic heterocycles. The second kappa shape index (κ2) is 9.05. The molecule has 3 aliphatic rings. The van der Waals surface area contributed by atoms with E-state index >= 15 is 0 Å². The first-order valence-corrected chi connectivity index (χ1v) is 13.1. The predicted molar refractivity (Wildman–Crippen MR) is 117 cm³/mol. The number of sulfonamides is 1. The summed E-state index contributed by atoms with van der Waals surface area (Å²) < 4.78 is 68.9. The van der Waals surface area contributed by atoms with Crippen LogP contribution in [0.2, 0.25) is 0 Å². The lowest BCUT2D eigenvalue weighted by atomic mass is 9.76. The maximum absolute atomic E-state index is 13.7. The molecule has 1 aromatic rings. The van der Waals surface area contributed by atoms with Crippen LogP contribution in [-0.4, -0.2) is 49.9 Å². The number of carbonyl (C=O) groups excluding carboxylic acids is 1. The Morgan fingerprint density at radius 2 is 1.88 bits per heavy atom. The van der Waals surface area contributed by atoms with E-state index in [1.54, 1.807) is 11.8 Å². The van der Waals surface area contributed by atoms with Gasteiger partial charge in [0.2, 0.25) is 15.9 Å². The Kier molecular flexibility index (Phi) is 6.65. The van der Waals surface area contributed by atoms with Crippen molar-refractivity contribution in [3.63, 3.8) is 0 Å². The molecule has 0 spiro atoms. The summed E-state index contributed by atoms with van der Waals surface area (Å²) in [5.74, 6) is 0.404. The maximum atomic E-state index is 13.7. The lowest BCUT2D eigenvalue weighted by Gasteiger charge is -2.52. The van der Waals surface area contributed by atoms with Crippen LogP contribution in [0.3, 0.4) is 0 Å². The number of amides is 1. The van der Waals surface area contributed by atoms with Crippen molar-refractivity contribution in [3.05, 3.63) is 17.8 Å². The Bertz CT molecular complexity index is 991. The van der Waals surface area contributed by atoms with Crippen molar-refractivity contribution in [2.75, 3.05) is 25.0 Å². The molecule has 1 atom stereocenters. The van der Waals surface area contributed by atoms with Crippen LogP contribution in [0.5, 0.6) is 0 Å². The number of likely N-dealkylation sites (tertiary alicyclic amines) is 1. The summed E-state index contributed by atoms with van der Waals surface area (Å²) >= 11 is 0. The Labute approximate surface area is 192 Å². The van der Waals surface area contributed by atoms with Gasteiger partial charge in [0, 0.05) is 31.9 Å². The van der Waals surface area contributed by atoms with E-state index in [2.05, 4.69) is 15.0 Å². The SMILES string of the molecule is CC1(CNS(=O)(=O)c2cnc(NCCC3CCCC3)cc2C(F)(F)F)CN(C2CCC2)C1=O. The van der Waals surface area contributed by atoms with Gasteiger partial charge in [-0.3, -0.25) is 4.79 Å². The first-order chi connectivity index (χ1) is 15.5. The van der Waals surface area contributed by atoms with Gasteiger partial charge in [0.25, 0.3) is 0 Å². The molecule has 1 saturated heterocycles. The Morgan fingerprint density at radius 1 is 1.18 bits per heavy atom. The molecule has 1 aromatic heterocycles. The summed E-state index contributed by atoms with van der Waals surface area (Å²) in [5, 5.41) is 2.89. The number of β-lactam (4-membered cyclic amide) rings is 1. The Morgan fingerprint density at radius 3 is 2.45 bits per heavy atom. The molecule has 11 heteroatoms. The number of pyridine rings is 1. The number of hydrogen-bond acceptors (Lipinski definition) is 5. The van der Waals surface area contributed by atoms with E-state index in [1.165, 1.54) is 12.8 Å². The molecule has 0 radical (unpaired) electrons. The highest BCUT2D eigenvalue weighted by Gasteiger charge is 2.52. The van der Waals surface area contributed by atoms with Crippen LogP contribution in [0.1, 0.15) is 63.9 Å². The van der Waals surface area contributed by atoms with Crippen molar-refractivity contribution in [2.24, 2.45) is 11.3 Å². The third-order valence-corrected chi connectivity index (χ3v) is 8.69. The molecule has 2 aliphatic carbocycles. The van der Waals surface area contributed by atoms with E-state index in [0.717, 1.165) is 50.8 Å². The van der Waals surface area contributed by atoms with Crippen LogP contribution in [0, 0.1) is 11.3 Å². The van der Waals surface area contributed by atoms with Crippen LogP contribution in [0.15, 0.2) is 17.2 Å². The van der Waals surface area contributed by atoms with Crippen molar-refractivity contribution >= 4 is 21.7 Å². The largest absolute Gasteiger partial charge is 0.417 e. The molecule has 0 aromatic carbocycles. The number of hydrogen-bond donors (Lipinski definition) is 2. The fourth-order valence-electron chi connectivity index (χ4n) is 4.91. The molecule has 1 amide bonds. The average Bonchev–Trinajstić information content (AvgIpc) is 3.23. The number of anilines is 1. The van der Waals surface area contributed by atoms with E-state index in [0.29, 0.717) is 19.0 Å². The van der Waals surface area contributed by atoms with Crippen molar-refractivity contribution < 1.29 is 26.4 Å². The number of carbonyl (C=O) groups is 1. The highest BCUT2D eigenvalue weighted by atomic mass is 32.2. The molecule has 2 N–H and O–H groups in total. The number of halogens is 3. The van der Waals surface area contributed by atoms with Crippen LogP contribution in [0.4, 0.5) is 19.0 Å². The first kappa shape index (κ1) is 24.3. The molecular weight excluding hydrogens is 457 g/mol. The average molecular weight is 489 g/mol. The number of nitrogens with one attached hydrogen (secondary N) is 2. The molecule has 2 heterocycles. The molecule has 3 fully saturated rings. The molecule has 33 heavy (non-hydrogen) atoms. The fourth-order valence-corrected chi connectivity index (χ4v) is 6.23. The van der Waals surface area contributed by atoms with Crippen molar-refractivity contribution in [1.82, 2.24) is 14.6 Å². The van der Waals surface area contributed by atoms with Gasteiger partial charge in [-0.05, 0) is 44.6 Å².